The Bertz CT molecular complexity index is 1310. The monoisotopic (exact) mass is 538 g/mol. The number of sulfonamides is 2. The third-order valence-corrected chi connectivity index (χ3v) is 7.22. The summed E-state index contributed by atoms with van der Waals surface area (Å²) >= 11 is 0. The minimum absolute atomic E-state index is 0.110. The average Bonchev–Trinajstić information content (AvgIpc) is 3.13. The van der Waals surface area contributed by atoms with Crippen molar-refractivity contribution in [1.82, 2.24) is 9.11 Å². The highest BCUT2D eigenvalue weighted by Crippen LogP contribution is 2.34. The number of hydrogen-bond acceptors (Lipinski definition) is 8. The van der Waals surface area contributed by atoms with Gasteiger partial charge in [0.25, 0.3) is 20.0 Å². The number of aliphatic carboxylic acids is 1. The normalized spacial score (nSPS) is 13.7. The van der Waals surface area contributed by atoms with Crippen LogP contribution in [-0.4, -0.2) is 45.9 Å². The molecule has 0 spiro atoms. The molecule has 0 saturated heterocycles. The first-order valence-electron chi connectivity index (χ1n) is 8.37. The first kappa shape index (κ1) is 27.1. The molecule has 1 aliphatic rings. The Kier molecular flexibility index (Phi) is 7.39. The minimum atomic E-state index is -5.08. The molecule has 0 radical (unpaired) electrons. The van der Waals surface area contributed by atoms with E-state index in [0.717, 1.165) is 19.1 Å². The number of fused-ring (bicyclic) bond motifs is 1. The molecule has 0 unspecified atom stereocenters. The van der Waals surface area contributed by atoms with E-state index in [2.05, 4.69) is 4.98 Å². The summed E-state index contributed by atoms with van der Waals surface area (Å²) in [6, 6.07) is 4.14. The van der Waals surface area contributed by atoms with Gasteiger partial charge in [0.1, 0.15) is 10.6 Å². The second-order valence-electron chi connectivity index (χ2n) is 6.24. The van der Waals surface area contributed by atoms with E-state index in [9.17, 15) is 43.2 Å². The molecular formula is C16H12F6N2O8S2. The molecule has 0 amide bonds. The molecule has 1 aromatic carbocycles. The number of rotatable bonds is 4. The number of aromatic nitrogens is 1. The maximum absolute atomic E-state index is 12.7. The number of hydrogen-bond donors (Lipinski definition) is 2. The van der Waals surface area contributed by atoms with Gasteiger partial charge in [-0.15, -0.1) is 4.13 Å². The quantitative estimate of drug-likeness (QED) is 0.560. The van der Waals surface area contributed by atoms with Crippen molar-refractivity contribution in [3.63, 3.8) is 0 Å². The number of ether oxygens (including phenoxy) is 2. The molecule has 3 rings (SSSR count). The molecule has 0 atom stereocenters. The minimum Gasteiger partial charge on any atom is -0.475 e. The number of pyridine rings is 1. The van der Waals surface area contributed by atoms with Gasteiger partial charge in [0.05, 0.1) is 4.90 Å². The van der Waals surface area contributed by atoms with Crippen molar-refractivity contribution < 1.29 is 62.6 Å². The number of alkyl halides is 6. The van der Waals surface area contributed by atoms with Crippen LogP contribution in [0.25, 0.3) is 0 Å². The molecule has 18 heteroatoms. The summed E-state index contributed by atoms with van der Waals surface area (Å²) in [6.45, 7) is 0.905. The summed E-state index contributed by atoms with van der Waals surface area (Å²) < 4.78 is 131. The first-order chi connectivity index (χ1) is 15.3. The molecular weight excluding hydrogens is 526 g/mol. The zero-order valence-electron chi connectivity index (χ0n) is 16.4. The summed E-state index contributed by atoms with van der Waals surface area (Å²) in [5.41, 5.74) is -1.73. The van der Waals surface area contributed by atoms with E-state index < -0.39 is 59.4 Å². The Morgan fingerprint density at radius 1 is 0.971 bits per heavy atom. The molecule has 10 nitrogen and oxygen atoms in total. The number of nitrogens with one attached hydrogen (secondary N) is 1. The maximum atomic E-state index is 12.7. The van der Waals surface area contributed by atoms with Crippen LogP contribution in [0.4, 0.5) is 26.3 Å². The zero-order chi connectivity index (χ0) is 26.1. The van der Waals surface area contributed by atoms with Crippen LogP contribution >= 0.6 is 0 Å². The van der Waals surface area contributed by atoms with Gasteiger partial charge in [-0.2, -0.15) is 26.3 Å². The lowest BCUT2D eigenvalue weighted by Gasteiger charge is -2.12. The number of carboxylic acids is 1. The SMILES string of the molecule is Cc1cc(S(=O)(=O)NS(=O)(=O)c2ccc3c(c2)OCO3)cnc1C(F)(F)F.O=C(O)C(F)(F)F. The van der Waals surface area contributed by atoms with Crippen molar-refractivity contribution >= 4 is 26.0 Å². The lowest BCUT2D eigenvalue weighted by molar-refractivity contribution is -0.192. The van der Waals surface area contributed by atoms with Gasteiger partial charge in [-0.3, -0.25) is 4.98 Å². The van der Waals surface area contributed by atoms with E-state index in [1.807, 2.05) is 0 Å². The Morgan fingerprint density at radius 2 is 1.50 bits per heavy atom. The number of benzene rings is 1. The first-order valence-corrected chi connectivity index (χ1v) is 11.3. The lowest BCUT2D eigenvalue weighted by Crippen LogP contribution is -2.31. The predicted molar refractivity (Wildman–Crippen MR) is 97.7 cm³/mol. The molecule has 2 heterocycles. The Labute approximate surface area is 187 Å². The van der Waals surface area contributed by atoms with Crippen molar-refractivity contribution in [1.29, 1.82) is 0 Å². The van der Waals surface area contributed by atoms with E-state index in [0.29, 0.717) is 18.0 Å². The van der Waals surface area contributed by atoms with Crippen molar-refractivity contribution in [2.75, 3.05) is 6.79 Å². The van der Waals surface area contributed by atoms with Crippen LogP contribution in [0, 0.1) is 6.92 Å². The topological polar surface area (TPSA) is 149 Å². The molecule has 2 N–H and O–H groups in total. The largest absolute Gasteiger partial charge is 0.490 e. The van der Waals surface area contributed by atoms with Crippen LogP contribution in [0.2, 0.25) is 0 Å². The van der Waals surface area contributed by atoms with Crippen LogP contribution in [0.1, 0.15) is 11.3 Å². The van der Waals surface area contributed by atoms with E-state index in [4.69, 9.17) is 19.4 Å². The highest BCUT2D eigenvalue weighted by Gasteiger charge is 2.38. The number of carbonyl (C=O) groups is 1. The Hall–Kier alpha value is -3.12. The summed E-state index contributed by atoms with van der Waals surface area (Å²) in [4.78, 5) is 10.8. The van der Waals surface area contributed by atoms with Gasteiger partial charge in [0.15, 0.2) is 11.5 Å². The summed E-state index contributed by atoms with van der Waals surface area (Å²) in [5, 5.41) is 7.12. The fraction of sp³-hybridized carbons (Fsp3) is 0.250. The number of carboxylic acid groups (broad SMARTS) is 1. The van der Waals surface area contributed by atoms with Gasteiger partial charge in [-0.25, -0.2) is 21.6 Å². The van der Waals surface area contributed by atoms with Crippen molar-refractivity contribution in [3.05, 3.63) is 41.7 Å². The van der Waals surface area contributed by atoms with E-state index >= 15 is 0 Å². The molecule has 0 bridgehead atoms. The number of halogens is 6. The number of nitrogens with zero attached hydrogens (tertiary/aromatic N) is 1. The molecule has 188 valence electrons. The van der Waals surface area contributed by atoms with Gasteiger partial charge >= 0.3 is 18.3 Å². The fourth-order valence-electron chi connectivity index (χ4n) is 2.28. The Balaban J connectivity index is 0.000000509. The summed E-state index contributed by atoms with van der Waals surface area (Å²) in [7, 11) is -9.27. The van der Waals surface area contributed by atoms with Gasteiger partial charge in [-0.1, -0.05) is 0 Å². The molecule has 0 fully saturated rings. The molecule has 1 aliphatic heterocycles. The van der Waals surface area contributed by atoms with Gasteiger partial charge in [0, 0.05) is 12.3 Å². The maximum Gasteiger partial charge on any atom is 0.490 e. The van der Waals surface area contributed by atoms with Crippen LogP contribution < -0.4 is 13.6 Å². The third-order valence-electron chi connectivity index (χ3n) is 3.75. The molecule has 0 saturated carbocycles. The van der Waals surface area contributed by atoms with Gasteiger partial charge < -0.3 is 14.6 Å². The molecule has 34 heavy (non-hydrogen) atoms. The molecule has 2 aromatic rings. The predicted octanol–water partition coefficient (Wildman–Crippen LogP) is 2.44. The third kappa shape index (κ3) is 6.48. The smallest absolute Gasteiger partial charge is 0.475 e. The van der Waals surface area contributed by atoms with Crippen molar-refractivity contribution in [3.8, 4) is 11.5 Å². The second-order valence-corrected chi connectivity index (χ2v) is 9.87. The van der Waals surface area contributed by atoms with Crippen LogP contribution in [0.3, 0.4) is 0 Å². The highest BCUT2D eigenvalue weighted by molar-refractivity contribution is 8.04. The van der Waals surface area contributed by atoms with Crippen LogP contribution in [-0.2, 0) is 31.0 Å². The lowest BCUT2D eigenvalue weighted by atomic mass is 10.2. The fourth-order valence-corrected chi connectivity index (χ4v) is 5.24. The summed E-state index contributed by atoms with van der Waals surface area (Å²) in [5.74, 6) is -2.35. The van der Waals surface area contributed by atoms with E-state index in [1.54, 1.807) is 0 Å². The van der Waals surface area contributed by atoms with Gasteiger partial charge in [-0.05, 0) is 30.7 Å². The standard InChI is InChI=1S/C14H11F3N2O6S2.C2HF3O2/c1-8-4-10(6-18-13(8)14(15,16)17)27(22,23)19-26(20,21)9-2-3-11-12(5-9)25-7-24-11;3-2(4,5)1(6)7/h2-6,19H,7H2,1H3;(H,6,7). The highest BCUT2D eigenvalue weighted by atomic mass is 32.3. The molecule has 0 aliphatic carbocycles. The van der Waals surface area contributed by atoms with E-state index in [1.165, 1.54) is 10.2 Å². The van der Waals surface area contributed by atoms with Gasteiger partial charge in [0.2, 0.25) is 6.79 Å². The second kappa shape index (κ2) is 9.26. The van der Waals surface area contributed by atoms with Crippen molar-refractivity contribution in [2.45, 2.75) is 29.1 Å². The van der Waals surface area contributed by atoms with E-state index in [-0.39, 0.29) is 12.5 Å². The average molecular weight is 538 g/mol. The summed E-state index contributed by atoms with van der Waals surface area (Å²) in [6.07, 6.45) is -9.41. The Morgan fingerprint density at radius 3 is 2.00 bits per heavy atom. The van der Waals surface area contributed by atoms with Crippen LogP contribution in [0.5, 0.6) is 11.5 Å². The zero-order valence-corrected chi connectivity index (χ0v) is 18.1. The van der Waals surface area contributed by atoms with Crippen LogP contribution in [0.15, 0.2) is 40.3 Å². The number of aryl methyl sites for hydroxylation is 1. The molecule has 1 aromatic heterocycles. The van der Waals surface area contributed by atoms with Crippen molar-refractivity contribution in [2.24, 2.45) is 0 Å².